The molecule has 0 aliphatic rings. The zero-order valence-corrected chi connectivity index (χ0v) is 20.9. The van der Waals surface area contributed by atoms with Crippen molar-refractivity contribution in [3.63, 3.8) is 0 Å². The highest BCUT2D eigenvalue weighted by Crippen LogP contribution is 2.27. The van der Waals surface area contributed by atoms with E-state index in [1.54, 1.807) is 24.3 Å². The molecule has 0 atom stereocenters. The van der Waals surface area contributed by atoms with Crippen LogP contribution in [0.15, 0.2) is 54.2 Å². The van der Waals surface area contributed by atoms with Gasteiger partial charge >= 0.3 is 0 Å². The van der Waals surface area contributed by atoms with E-state index in [0.29, 0.717) is 40.5 Å². The summed E-state index contributed by atoms with van der Waals surface area (Å²) in [5, 5.41) is 13.3. The number of allylic oxidation sites excluding steroid dienone is 1. The average molecular weight is 505 g/mol. The number of ether oxygens (including phenoxy) is 1. The van der Waals surface area contributed by atoms with E-state index in [0.717, 1.165) is 29.1 Å². The molecule has 1 heterocycles. The molecule has 1 amide bonds. The van der Waals surface area contributed by atoms with Crippen molar-refractivity contribution in [3.05, 3.63) is 76.0 Å². The molecule has 0 unspecified atom stereocenters. The number of carbonyl (C=O) groups is 1. The number of anilines is 1. The number of nitrogens with one attached hydrogen (secondary N) is 1. The maximum absolute atomic E-state index is 12.4. The Kier molecular flexibility index (Phi) is 9.23. The molecule has 0 bridgehead atoms. The lowest BCUT2D eigenvalue weighted by Gasteiger charge is -2.10. The van der Waals surface area contributed by atoms with E-state index in [4.69, 9.17) is 27.9 Å². The molecule has 174 valence electrons. The Morgan fingerprint density at radius 1 is 1.18 bits per heavy atom. The molecule has 1 N–H and O–H groups in total. The molecule has 0 radical (unpaired) electrons. The molecule has 1 aromatic heterocycles. The van der Waals surface area contributed by atoms with E-state index < -0.39 is 0 Å². The maximum Gasteiger partial charge on any atom is 0.234 e. The Morgan fingerprint density at radius 2 is 1.94 bits per heavy atom. The molecule has 0 saturated heterocycles. The lowest BCUT2D eigenvalue weighted by atomic mass is 10.1. The third kappa shape index (κ3) is 7.52. The summed E-state index contributed by atoms with van der Waals surface area (Å²) < 4.78 is 7.72. The Morgan fingerprint density at radius 3 is 2.64 bits per heavy atom. The number of rotatable bonds is 11. The number of halogens is 2. The summed E-state index contributed by atoms with van der Waals surface area (Å²) >= 11 is 13.4. The first-order valence-electron chi connectivity index (χ1n) is 10.5. The summed E-state index contributed by atoms with van der Waals surface area (Å²) in [5.74, 6) is 1.56. The van der Waals surface area contributed by atoms with Crippen molar-refractivity contribution < 1.29 is 9.53 Å². The predicted molar refractivity (Wildman–Crippen MR) is 136 cm³/mol. The van der Waals surface area contributed by atoms with Crippen LogP contribution >= 0.6 is 35.0 Å². The van der Waals surface area contributed by atoms with Gasteiger partial charge < -0.3 is 14.6 Å². The zero-order chi connectivity index (χ0) is 23.8. The van der Waals surface area contributed by atoms with Gasteiger partial charge in [-0.2, -0.15) is 0 Å². The smallest absolute Gasteiger partial charge is 0.234 e. The van der Waals surface area contributed by atoms with Crippen molar-refractivity contribution in [2.24, 2.45) is 0 Å². The second-order valence-electron chi connectivity index (χ2n) is 7.54. The van der Waals surface area contributed by atoms with E-state index in [-0.39, 0.29) is 11.7 Å². The first kappa shape index (κ1) is 25.1. The van der Waals surface area contributed by atoms with Gasteiger partial charge in [0.15, 0.2) is 5.16 Å². The first-order valence-corrected chi connectivity index (χ1v) is 12.2. The van der Waals surface area contributed by atoms with Gasteiger partial charge in [-0.3, -0.25) is 4.79 Å². The fourth-order valence-electron chi connectivity index (χ4n) is 3.30. The van der Waals surface area contributed by atoms with Gasteiger partial charge in [0.25, 0.3) is 0 Å². The molecule has 9 heteroatoms. The molecular formula is C24H26Cl2N4O2S. The number of amides is 1. The van der Waals surface area contributed by atoms with Crippen LogP contribution in [0.2, 0.25) is 10.0 Å². The van der Waals surface area contributed by atoms with Gasteiger partial charge in [0, 0.05) is 23.7 Å². The van der Waals surface area contributed by atoms with Crippen LogP contribution in [0.25, 0.3) is 0 Å². The van der Waals surface area contributed by atoms with Crippen molar-refractivity contribution >= 4 is 46.6 Å². The highest BCUT2D eigenvalue weighted by Gasteiger charge is 2.14. The van der Waals surface area contributed by atoms with E-state index in [2.05, 4.69) is 28.2 Å². The highest BCUT2D eigenvalue weighted by molar-refractivity contribution is 7.99. The summed E-state index contributed by atoms with van der Waals surface area (Å²) in [7, 11) is 0. The summed E-state index contributed by atoms with van der Waals surface area (Å²) in [6.07, 6.45) is 3.18. The van der Waals surface area contributed by atoms with E-state index in [1.807, 2.05) is 30.5 Å². The predicted octanol–water partition coefficient (Wildman–Crippen LogP) is 6.13. The van der Waals surface area contributed by atoms with Crippen molar-refractivity contribution in [2.75, 3.05) is 17.7 Å². The molecule has 0 fully saturated rings. The van der Waals surface area contributed by atoms with Crippen LogP contribution in [0.1, 0.15) is 23.4 Å². The monoisotopic (exact) mass is 504 g/mol. The van der Waals surface area contributed by atoms with Crippen LogP contribution in [0.3, 0.4) is 0 Å². The largest absolute Gasteiger partial charge is 0.492 e. The number of thioether (sulfide) groups is 1. The molecule has 0 saturated carbocycles. The number of aryl methyl sites for hydroxylation is 3. The second kappa shape index (κ2) is 12.1. The molecular weight excluding hydrogens is 479 g/mol. The fourth-order valence-corrected chi connectivity index (χ4v) is 4.53. The third-order valence-corrected chi connectivity index (χ3v) is 6.14. The Balaban J connectivity index is 1.53. The Labute approximate surface area is 208 Å². The quantitative estimate of drug-likeness (QED) is 0.193. The minimum atomic E-state index is -0.0899. The number of hydrogen-bond acceptors (Lipinski definition) is 5. The summed E-state index contributed by atoms with van der Waals surface area (Å²) in [4.78, 5) is 12.4. The van der Waals surface area contributed by atoms with Crippen LogP contribution in [-0.2, 0) is 17.8 Å². The standard InChI is InChI=1S/C24H26Cl2N4O2S/c1-4-9-30-22(6-5-10-32-21-8-7-18(25)14-20(21)26)28-29-24(30)33-15-23(31)27-19-12-16(2)11-17(3)13-19/h4,7-8,11-14H,1,5-6,9-10,15H2,2-3H3,(H,27,31). The van der Waals surface area contributed by atoms with E-state index >= 15 is 0 Å². The average Bonchev–Trinajstić information content (AvgIpc) is 3.12. The van der Waals surface area contributed by atoms with Gasteiger partial charge in [-0.25, -0.2) is 0 Å². The van der Waals surface area contributed by atoms with Crippen molar-refractivity contribution in [3.8, 4) is 5.75 Å². The van der Waals surface area contributed by atoms with Crippen LogP contribution < -0.4 is 10.1 Å². The lowest BCUT2D eigenvalue weighted by Crippen LogP contribution is -2.15. The molecule has 3 aromatic rings. The normalized spacial score (nSPS) is 10.8. The minimum Gasteiger partial charge on any atom is -0.492 e. The van der Waals surface area contributed by atoms with Crippen LogP contribution in [0.5, 0.6) is 5.75 Å². The van der Waals surface area contributed by atoms with Gasteiger partial charge in [0.1, 0.15) is 11.6 Å². The van der Waals surface area contributed by atoms with Crippen molar-refractivity contribution in [1.82, 2.24) is 14.8 Å². The molecule has 6 nitrogen and oxygen atoms in total. The van der Waals surface area contributed by atoms with Gasteiger partial charge in [0.2, 0.25) is 5.91 Å². The van der Waals surface area contributed by atoms with Crippen LogP contribution in [0, 0.1) is 13.8 Å². The molecule has 0 aliphatic heterocycles. The van der Waals surface area contributed by atoms with Crippen LogP contribution in [0.4, 0.5) is 5.69 Å². The summed E-state index contributed by atoms with van der Waals surface area (Å²) in [5.41, 5.74) is 3.01. The molecule has 33 heavy (non-hydrogen) atoms. The van der Waals surface area contributed by atoms with Crippen LogP contribution in [-0.4, -0.2) is 33.0 Å². The van der Waals surface area contributed by atoms with Crippen molar-refractivity contribution in [2.45, 2.75) is 38.4 Å². The Hall–Kier alpha value is -2.48. The summed E-state index contributed by atoms with van der Waals surface area (Å²) in [6, 6.07) is 11.1. The number of nitrogens with zero attached hydrogens (tertiary/aromatic N) is 3. The molecule has 3 rings (SSSR count). The summed E-state index contributed by atoms with van der Waals surface area (Å²) in [6.45, 7) is 8.87. The molecule has 0 aliphatic carbocycles. The molecule has 0 spiro atoms. The van der Waals surface area contributed by atoms with E-state index in [1.165, 1.54) is 11.8 Å². The maximum atomic E-state index is 12.4. The minimum absolute atomic E-state index is 0.0899. The topological polar surface area (TPSA) is 69.0 Å². The number of carbonyl (C=O) groups excluding carboxylic acids is 1. The van der Waals surface area contributed by atoms with Gasteiger partial charge in [-0.05, 0) is 61.7 Å². The number of hydrogen-bond donors (Lipinski definition) is 1. The van der Waals surface area contributed by atoms with Gasteiger partial charge in [-0.1, -0.05) is 47.1 Å². The van der Waals surface area contributed by atoms with Crippen molar-refractivity contribution in [1.29, 1.82) is 0 Å². The zero-order valence-electron chi connectivity index (χ0n) is 18.6. The lowest BCUT2D eigenvalue weighted by molar-refractivity contribution is -0.113. The molecule has 2 aromatic carbocycles. The van der Waals surface area contributed by atoms with Gasteiger partial charge in [-0.15, -0.1) is 16.8 Å². The third-order valence-electron chi connectivity index (χ3n) is 4.64. The van der Waals surface area contributed by atoms with E-state index in [9.17, 15) is 4.79 Å². The highest BCUT2D eigenvalue weighted by atomic mass is 35.5. The second-order valence-corrected chi connectivity index (χ2v) is 9.32. The first-order chi connectivity index (χ1) is 15.9. The number of aromatic nitrogens is 3. The number of benzene rings is 2. The SMILES string of the molecule is C=CCn1c(CCCOc2ccc(Cl)cc2Cl)nnc1SCC(=O)Nc1cc(C)cc(C)c1. The Bertz CT molecular complexity index is 1110. The van der Waals surface area contributed by atoms with Gasteiger partial charge in [0.05, 0.1) is 17.4 Å². The fraction of sp³-hybridized carbons (Fsp3) is 0.292.